The Morgan fingerprint density at radius 3 is 2.21 bits per heavy atom. The molecular weight excluding hydrogens is 369 g/mol. The number of imidazole rings is 1. The number of anilines is 2. The van der Waals surface area contributed by atoms with E-state index < -0.39 is 11.9 Å². The van der Waals surface area contributed by atoms with E-state index >= 15 is 0 Å². The predicted molar refractivity (Wildman–Crippen MR) is 99.8 cm³/mol. The zero-order valence-electron chi connectivity index (χ0n) is 15.3. The van der Waals surface area contributed by atoms with E-state index in [1.807, 2.05) is 40.8 Å². The van der Waals surface area contributed by atoms with Crippen LogP contribution in [0.5, 0.6) is 0 Å². The highest BCUT2D eigenvalue weighted by Crippen LogP contribution is 2.29. The van der Waals surface area contributed by atoms with Gasteiger partial charge in [-0.2, -0.15) is 13.2 Å². The number of aryl methyl sites for hydroxylation is 1. The third kappa shape index (κ3) is 3.64. The van der Waals surface area contributed by atoms with Crippen molar-refractivity contribution < 1.29 is 13.2 Å². The molecule has 0 spiro atoms. The molecule has 0 unspecified atom stereocenters. The summed E-state index contributed by atoms with van der Waals surface area (Å²) < 4.78 is 39.9. The van der Waals surface area contributed by atoms with E-state index in [0.29, 0.717) is 18.8 Å². The van der Waals surface area contributed by atoms with Crippen LogP contribution in [0.4, 0.5) is 24.7 Å². The van der Waals surface area contributed by atoms with Crippen LogP contribution in [0.3, 0.4) is 0 Å². The van der Waals surface area contributed by atoms with E-state index in [0.717, 1.165) is 36.6 Å². The Labute approximate surface area is 160 Å². The van der Waals surface area contributed by atoms with Crippen molar-refractivity contribution in [3.05, 3.63) is 60.4 Å². The van der Waals surface area contributed by atoms with E-state index in [2.05, 4.69) is 14.9 Å². The monoisotopic (exact) mass is 388 g/mol. The van der Waals surface area contributed by atoms with E-state index in [9.17, 15) is 13.2 Å². The number of pyridine rings is 2. The van der Waals surface area contributed by atoms with Gasteiger partial charge in [0.1, 0.15) is 23.2 Å². The number of hydrogen-bond acceptors (Lipinski definition) is 5. The summed E-state index contributed by atoms with van der Waals surface area (Å²) in [6, 6.07) is 8.36. The quantitative estimate of drug-likeness (QED) is 0.689. The van der Waals surface area contributed by atoms with Gasteiger partial charge in [-0.25, -0.2) is 15.0 Å². The van der Waals surface area contributed by atoms with Crippen LogP contribution in [0.15, 0.2) is 48.9 Å². The number of aromatic nitrogens is 4. The number of rotatable bonds is 3. The SMILES string of the molecule is Cc1nccn1-c1cccc(N2CCN(c3ccc(C(F)(F)F)nc3)CC2)n1. The van der Waals surface area contributed by atoms with Crippen LogP contribution in [0.1, 0.15) is 11.5 Å². The Hall–Kier alpha value is -3.10. The molecule has 3 aromatic heterocycles. The van der Waals surface area contributed by atoms with Gasteiger partial charge in [0.05, 0.1) is 11.9 Å². The number of halogens is 3. The average molecular weight is 388 g/mol. The van der Waals surface area contributed by atoms with E-state index in [1.54, 1.807) is 6.20 Å². The Morgan fingerprint density at radius 1 is 0.893 bits per heavy atom. The van der Waals surface area contributed by atoms with E-state index in [4.69, 9.17) is 4.98 Å². The third-order valence-electron chi connectivity index (χ3n) is 4.80. The molecule has 0 aliphatic carbocycles. The molecule has 6 nitrogen and oxygen atoms in total. The molecule has 3 aromatic rings. The molecule has 1 saturated heterocycles. The van der Waals surface area contributed by atoms with Crippen molar-refractivity contribution in [3.8, 4) is 5.82 Å². The normalized spacial score (nSPS) is 15.1. The van der Waals surface area contributed by atoms with E-state index in [-0.39, 0.29) is 0 Å². The maximum Gasteiger partial charge on any atom is 0.433 e. The maximum atomic E-state index is 12.7. The summed E-state index contributed by atoms with van der Waals surface area (Å²) >= 11 is 0. The fourth-order valence-corrected chi connectivity index (χ4v) is 3.28. The van der Waals surface area contributed by atoms with Crippen molar-refractivity contribution in [2.75, 3.05) is 36.0 Å². The number of piperazine rings is 1. The first kappa shape index (κ1) is 18.3. The van der Waals surface area contributed by atoms with Gasteiger partial charge < -0.3 is 9.80 Å². The van der Waals surface area contributed by atoms with Crippen molar-refractivity contribution in [3.63, 3.8) is 0 Å². The van der Waals surface area contributed by atoms with Crippen LogP contribution < -0.4 is 9.80 Å². The zero-order valence-corrected chi connectivity index (χ0v) is 15.3. The van der Waals surface area contributed by atoms with Crippen molar-refractivity contribution in [1.82, 2.24) is 19.5 Å². The first-order valence-corrected chi connectivity index (χ1v) is 8.92. The van der Waals surface area contributed by atoms with Gasteiger partial charge in [0.2, 0.25) is 0 Å². The van der Waals surface area contributed by atoms with Crippen LogP contribution >= 0.6 is 0 Å². The highest BCUT2D eigenvalue weighted by Gasteiger charge is 2.32. The number of alkyl halides is 3. The van der Waals surface area contributed by atoms with Gasteiger partial charge in [-0.3, -0.25) is 4.57 Å². The molecule has 1 aliphatic rings. The molecule has 0 amide bonds. The molecule has 146 valence electrons. The van der Waals surface area contributed by atoms with Gasteiger partial charge in [-0.15, -0.1) is 0 Å². The second kappa shape index (κ2) is 7.14. The summed E-state index contributed by atoms with van der Waals surface area (Å²) in [5.74, 6) is 2.54. The summed E-state index contributed by atoms with van der Waals surface area (Å²) in [5.41, 5.74) is -0.172. The molecule has 28 heavy (non-hydrogen) atoms. The number of hydrogen-bond donors (Lipinski definition) is 0. The largest absolute Gasteiger partial charge is 0.433 e. The maximum absolute atomic E-state index is 12.7. The van der Waals surface area contributed by atoms with Crippen LogP contribution in [-0.4, -0.2) is 45.7 Å². The Bertz CT molecular complexity index is 943. The summed E-state index contributed by atoms with van der Waals surface area (Å²) in [6.45, 7) is 4.73. The van der Waals surface area contributed by atoms with Crippen molar-refractivity contribution in [2.45, 2.75) is 13.1 Å². The fourth-order valence-electron chi connectivity index (χ4n) is 3.28. The van der Waals surface area contributed by atoms with Crippen molar-refractivity contribution in [1.29, 1.82) is 0 Å². The molecular formula is C19H19F3N6. The number of nitrogens with zero attached hydrogens (tertiary/aromatic N) is 6. The molecule has 0 N–H and O–H groups in total. The lowest BCUT2D eigenvalue weighted by atomic mass is 10.2. The summed E-state index contributed by atoms with van der Waals surface area (Å²) in [4.78, 5) is 16.7. The molecule has 9 heteroatoms. The molecule has 0 saturated carbocycles. The first-order valence-electron chi connectivity index (χ1n) is 8.92. The minimum absolute atomic E-state index is 0.684. The molecule has 1 aliphatic heterocycles. The van der Waals surface area contributed by atoms with Gasteiger partial charge in [0, 0.05) is 38.6 Å². The third-order valence-corrected chi connectivity index (χ3v) is 4.80. The lowest BCUT2D eigenvalue weighted by Crippen LogP contribution is -2.47. The Kier molecular flexibility index (Phi) is 4.66. The minimum Gasteiger partial charge on any atom is -0.367 e. The first-order chi connectivity index (χ1) is 13.4. The lowest BCUT2D eigenvalue weighted by Gasteiger charge is -2.36. The van der Waals surface area contributed by atoms with Crippen LogP contribution in [0.25, 0.3) is 5.82 Å². The second-order valence-electron chi connectivity index (χ2n) is 6.57. The van der Waals surface area contributed by atoms with Gasteiger partial charge in [0.25, 0.3) is 0 Å². The Balaban J connectivity index is 1.44. The molecule has 1 fully saturated rings. The lowest BCUT2D eigenvalue weighted by molar-refractivity contribution is -0.141. The smallest absolute Gasteiger partial charge is 0.367 e. The Morgan fingerprint density at radius 2 is 1.61 bits per heavy atom. The van der Waals surface area contributed by atoms with Crippen LogP contribution in [0.2, 0.25) is 0 Å². The topological polar surface area (TPSA) is 50.1 Å². The van der Waals surface area contributed by atoms with Crippen LogP contribution in [0, 0.1) is 6.92 Å². The standard InChI is InChI=1S/C19H19F3N6/c1-14-23-7-8-28(14)18-4-2-3-17(25-18)27-11-9-26(10-12-27)15-5-6-16(24-13-15)19(20,21)22/h2-8,13H,9-12H2,1H3. The van der Waals surface area contributed by atoms with E-state index in [1.165, 1.54) is 12.3 Å². The van der Waals surface area contributed by atoms with Gasteiger partial charge in [-0.1, -0.05) is 6.07 Å². The summed E-state index contributed by atoms with van der Waals surface area (Å²) in [7, 11) is 0. The zero-order chi connectivity index (χ0) is 19.7. The summed E-state index contributed by atoms with van der Waals surface area (Å²) in [6.07, 6.45) is 0.484. The van der Waals surface area contributed by atoms with Gasteiger partial charge in [-0.05, 0) is 31.2 Å². The van der Waals surface area contributed by atoms with Crippen molar-refractivity contribution >= 4 is 11.5 Å². The molecule has 0 atom stereocenters. The molecule has 0 radical (unpaired) electrons. The highest BCUT2D eigenvalue weighted by atomic mass is 19.4. The molecule has 4 heterocycles. The average Bonchev–Trinajstić information content (AvgIpc) is 3.14. The predicted octanol–water partition coefficient (Wildman–Crippen LogP) is 3.32. The minimum atomic E-state index is -4.42. The molecule has 0 bridgehead atoms. The van der Waals surface area contributed by atoms with Crippen LogP contribution in [-0.2, 0) is 6.18 Å². The highest BCUT2D eigenvalue weighted by molar-refractivity contribution is 5.49. The fraction of sp³-hybridized carbons (Fsp3) is 0.316. The van der Waals surface area contributed by atoms with Gasteiger partial charge in [0.15, 0.2) is 0 Å². The van der Waals surface area contributed by atoms with Gasteiger partial charge >= 0.3 is 6.18 Å². The molecule has 4 rings (SSSR count). The second-order valence-corrected chi connectivity index (χ2v) is 6.57. The molecule has 0 aromatic carbocycles. The van der Waals surface area contributed by atoms with Crippen molar-refractivity contribution in [2.24, 2.45) is 0 Å². The summed E-state index contributed by atoms with van der Waals surface area (Å²) in [5, 5.41) is 0.